The molecule has 2 aromatic rings. The van der Waals surface area contributed by atoms with Gasteiger partial charge in [0.1, 0.15) is 17.6 Å². The monoisotopic (exact) mass is 372 g/mol. The zero-order chi connectivity index (χ0) is 19.8. The Morgan fingerprint density at radius 1 is 0.852 bits per heavy atom. The smallest absolute Gasteiger partial charge is 0.342 e. The van der Waals surface area contributed by atoms with Gasteiger partial charge in [0.2, 0.25) is 6.10 Å². The summed E-state index contributed by atoms with van der Waals surface area (Å²) in [4.78, 5) is 36.0. The molecule has 142 valence electrons. The molecule has 0 fully saturated rings. The van der Waals surface area contributed by atoms with E-state index >= 15 is 0 Å². The van der Waals surface area contributed by atoms with Crippen molar-refractivity contribution >= 4 is 18.0 Å². The molecule has 2 atom stereocenters. The van der Waals surface area contributed by atoms with Crippen LogP contribution in [-0.4, -0.2) is 45.5 Å². The largest absolute Gasteiger partial charge is 0.497 e. The Labute approximate surface area is 156 Å². The van der Waals surface area contributed by atoms with Gasteiger partial charge in [-0.05, 0) is 42.0 Å². The van der Waals surface area contributed by atoms with Crippen LogP contribution in [0.25, 0.3) is 0 Å². The Bertz CT molecular complexity index is 781. The van der Waals surface area contributed by atoms with Crippen molar-refractivity contribution in [1.29, 1.82) is 0 Å². The lowest BCUT2D eigenvalue weighted by molar-refractivity contribution is -0.158. The molecule has 0 N–H and O–H groups in total. The van der Waals surface area contributed by atoms with E-state index in [1.54, 1.807) is 48.5 Å². The molecule has 0 aromatic heterocycles. The molecule has 27 heavy (non-hydrogen) atoms. The maximum Gasteiger partial charge on any atom is 0.342 e. The van der Waals surface area contributed by atoms with E-state index in [0.29, 0.717) is 28.9 Å². The minimum absolute atomic E-state index is 0.295. The van der Waals surface area contributed by atoms with Crippen LogP contribution in [0.5, 0.6) is 11.5 Å². The number of carbonyl (C=O) groups is 3. The molecule has 0 aliphatic rings. The van der Waals surface area contributed by atoms with E-state index in [1.807, 2.05) is 0 Å². The van der Waals surface area contributed by atoms with Gasteiger partial charge in [-0.15, -0.1) is 0 Å². The Morgan fingerprint density at radius 3 is 1.81 bits per heavy atom. The summed E-state index contributed by atoms with van der Waals surface area (Å²) in [5.74, 6) is -0.118. The first kappa shape index (κ1) is 20.1. The molecule has 0 aliphatic heterocycles. The fourth-order valence-electron chi connectivity index (χ4n) is 2.38. The lowest BCUT2D eigenvalue weighted by atomic mass is 9.99. The Balaban J connectivity index is 2.38. The number of esters is 1. The number of ether oxygens (including phenoxy) is 4. The first-order valence-electron chi connectivity index (χ1n) is 8.04. The first-order valence-corrected chi connectivity index (χ1v) is 8.04. The number of ketones is 1. The Morgan fingerprint density at radius 2 is 1.37 bits per heavy atom. The van der Waals surface area contributed by atoms with Gasteiger partial charge >= 0.3 is 5.97 Å². The van der Waals surface area contributed by atoms with E-state index in [4.69, 9.17) is 14.2 Å². The van der Waals surface area contributed by atoms with Gasteiger partial charge in [-0.2, -0.15) is 0 Å². The fraction of sp³-hybridized carbons (Fsp3) is 0.250. The third kappa shape index (κ3) is 4.92. The van der Waals surface area contributed by atoms with Crippen LogP contribution >= 0.6 is 0 Å². The zero-order valence-electron chi connectivity index (χ0n) is 15.2. The van der Waals surface area contributed by atoms with E-state index in [1.165, 1.54) is 14.2 Å². The quantitative estimate of drug-likeness (QED) is 0.289. The molecule has 0 saturated heterocycles. The van der Waals surface area contributed by atoms with Crippen LogP contribution in [0, 0.1) is 0 Å². The van der Waals surface area contributed by atoms with Gasteiger partial charge in [0.25, 0.3) is 0 Å². The van der Waals surface area contributed by atoms with E-state index in [9.17, 15) is 14.4 Å². The molecule has 0 bridgehead atoms. The summed E-state index contributed by atoms with van der Waals surface area (Å²) in [6.07, 6.45) is -2.41. The highest BCUT2D eigenvalue weighted by Crippen LogP contribution is 2.27. The summed E-state index contributed by atoms with van der Waals surface area (Å²) >= 11 is 0. The predicted octanol–water partition coefficient (Wildman–Crippen LogP) is 2.38. The number of hydrogen-bond acceptors (Lipinski definition) is 7. The zero-order valence-corrected chi connectivity index (χ0v) is 15.2. The highest BCUT2D eigenvalue weighted by molar-refractivity contribution is 6.01. The minimum Gasteiger partial charge on any atom is -0.497 e. The molecule has 0 saturated carbocycles. The summed E-state index contributed by atoms with van der Waals surface area (Å²) in [5.41, 5.74) is 0.804. The number of rotatable bonds is 9. The maximum atomic E-state index is 13.0. The van der Waals surface area contributed by atoms with Gasteiger partial charge in [0, 0.05) is 5.56 Å². The summed E-state index contributed by atoms with van der Waals surface area (Å²) in [5, 5.41) is 0. The summed E-state index contributed by atoms with van der Waals surface area (Å²) in [6.45, 7) is 0. The second-order valence-corrected chi connectivity index (χ2v) is 5.46. The van der Waals surface area contributed by atoms with Crippen molar-refractivity contribution in [2.45, 2.75) is 12.2 Å². The average Bonchev–Trinajstić information content (AvgIpc) is 2.74. The SMILES string of the molecule is COC(=O)C(C=O)OC(C(=O)c1ccc(OC)cc1)c1ccc(OC)cc1. The average molecular weight is 372 g/mol. The summed E-state index contributed by atoms with van der Waals surface area (Å²) in [7, 11) is 4.17. The van der Waals surface area contributed by atoms with Gasteiger partial charge < -0.3 is 18.9 Å². The minimum atomic E-state index is -1.52. The van der Waals surface area contributed by atoms with Crippen molar-refractivity contribution in [3.8, 4) is 11.5 Å². The van der Waals surface area contributed by atoms with Crippen LogP contribution in [0.4, 0.5) is 0 Å². The molecule has 0 aliphatic carbocycles. The van der Waals surface area contributed by atoms with Crippen molar-refractivity contribution in [2.24, 2.45) is 0 Å². The van der Waals surface area contributed by atoms with Crippen LogP contribution in [0.2, 0.25) is 0 Å². The van der Waals surface area contributed by atoms with E-state index < -0.39 is 24.0 Å². The number of methoxy groups -OCH3 is 3. The molecule has 2 rings (SSSR count). The lowest BCUT2D eigenvalue weighted by Crippen LogP contribution is -2.31. The van der Waals surface area contributed by atoms with Crippen LogP contribution in [0.15, 0.2) is 48.5 Å². The third-order valence-electron chi connectivity index (χ3n) is 3.87. The number of carbonyl (C=O) groups excluding carboxylic acids is 3. The predicted molar refractivity (Wildman–Crippen MR) is 96.0 cm³/mol. The van der Waals surface area contributed by atoms with Gasteiger partial charge in [-0.25, -0.2) is 4.79 Å². The van der Waals surface area contributed by atoms with Crippen molar-refractivity contribution in [1.82, 2.24) is 0 Å². The van der Waals surface area contributed by atoms with Crippen LogP contribution in [-0.2, 0) is 19.1 Å². The van der Waals surface area contributed by atoms with Crippen molar-refractivity contribution in [2.75, 3.05) is 21.3 Å². The molecule has 0 amide bonds. The van der Waals surface area contributed by atoms with E-state index in [2.05, 4.69) is 4.74 Å². The van der Waals surface area contributed by atoms with E-state index in [0.717, 1.165) is 7.11 Å². The topological polar surface area (TPSA) is 88.1 Å². The molecule has 2 unspecified atom stereocenters. The van der Waals surface area contributed by atoms with Crippen LogP contribution < -0.4 is 9.47 Å². The Hall–Kier alpha value is -3.19. The van der Waals surface area contributed by atoms with Crippen molar-refractivity contribution in [3.63, 3.8) is 0 Å². The normalized spacial score (nSPS) is 12.6. The number of hydrogen-bond donors (Lipinski definition) is 0. The number of Topliss-reactive ketones (excluding diaryl/α,β-unsaturated/α-hetero) is 1. The van der Waals surface area contributed by atoms with Crippen molar-refractivity contribution < 1.29 is 33.3 Å². The first-order chi connectivity index (χ1) is 13.0. The molecule has 2 aromatic carbocycles. The van der Waals surface area contributed by atoms with Gasteiger partial charge in [-0.3, -0.25) is 9.59 Å². The summed E-state index contributed by atoms with van der Waals surface area (Å²) in [6, 6.07) is 13.0. The lowest BCUT2D eigenvalue weighted by Gasteiger charge is -2.20. The fourth-order valence-corrected chi connectivity index (χ4v) is 2.38. The second-order valence-electron chi connectivity index (χ2n) is 5.46. The second kappa shape index (κ2) is 9.49. The highest BCUT2D eigenvalue weighted by Gasteiger charge is 2.30. The third-order valence-corrected chi connectivity index (χ3v) is 3.87. The Kier molecular flexibility index (Phi) is 7.08. The van der Waals surface area contributed by atoms with E-state index in [-0.39, 0.29) is 0 Å². The highest BCUT2D eigenvalue weighted by atomic mass is 16.6. The molecular formula is C20H20O7. The summed E-state index contributed by atoms with van der Waals surface area (Å²) < 4.78 is 20.3. The maximum absolute atomic E-state index is 13.0. The molecule has 0 spiro atoms. The van der Waals surface area contributed by atoms with Crippen molar-refractivity contribution in [3.05, 3.63) is 59.7 Å². The molecule has 7 heteroatoms. The number of aldehydes is 1. The van der Waals surface area contributed by atoms with Crippen LogP contribution in [0.3, 0.4) is 0 Å². The van der Waals surface area contributed by atoms with Gasteiger partial charge in [-0.1, -0.05) is 12.1 Å². The van der Waals surface area contributed by atoms with Gasteiger partial charge in [0.05, 0.1) is 21.3 Å². The number of benzene rings is 2. The van der Waals surface area contributed by atoms with Gasteiger partial charge in [0.15, 0.2) is 12.1 Å². The molecular weight excluding hydrogens is 352 g/mol. The van der Waals surface area contributed by atoms with Crippen LogP contribution in [0.1, 0.15) is 22.0 Å². The molecule has 0 radical (unpaired) electrons. The molecule has 0 heterocycles. The standard InChI is InChI=1S/C20H20O7/c1-24-15-8-4-13(5-9-15)18(22)19(27-17(12-21)20(23)26-3)14-6-10-16(25-2)11-7-14/h4-12,17,19H,1-3H3. The molecule has 7 nitrogen and oxygen atoms in total.